The Kier molecular flexibility index (Phi) is 8.54. The molecule has 1 aliphatic rings. The molecule has 2 amide bonds. The zero-order chi connectivity index (χ0) is 23.8. The van der Waals surface area contributed by atoms with E-state index in [1.807, 2.05) is 17.9 Å². The number of benzene rings is 1. The van der Waals surface area contributed by atoms with Crippen LogP contribution in [0.1, 0.15) is 31.7 Å². The van der Waals surface area contributed by atoms with Crippen LogP contribution in [0, 0.1) is 5.92 Å². The number of piperidine rings is 1. The number of amides is 2. The van der Waals surface area contributed by atoms with Gasteiger partial charge in [-0.2, -0.15) is 13.2 Å². The van der Waals surface area contributed by atoms with Crippen LogP contribution < -0.4 is 15.5 Å². The fraction of sp³-hybridized carbons (Fsp3) is 0.455. The maximum Gasteiger partial charge on any atom is 0.416 e. The molecule has 1 aromatic carbocycles. The zero-order valence-electron chi connectivity index (χ0n) is 18.2. The van der Waals surface area contributed by atoms with Gasteiger partial charge in [0.05, 0.1) is 17.2 Å². The van der Waals surface area contributed by atoms with Crippen molar-refractivity contribution in [3.05, 3.63) is 42.0 Å². The highest BCUT2D eigenvalue weighted by atomic mass is 32.2. The Morgan fingerprint density at radius 2 is 1.91 bits per heavy atom. The van der Waals surface area contributed by atoms with Crippen molar-refractivity contribution in [1.82, 2.24) is 15.5 Å². The van der Waals surface area contributed by atoms with Crippen molar-refractivity contribution in [3.63, 3.8) is 0 Å². The molecule has 1 aromatic heterocycles. The van der Waals surface area contributed by atoms with E-state index in [9.17, 15) is 22.8 Å². The Labute approximate surface area is 194 Å². The van der Waals surface area contributed by atoms with E-state index in [1.165, 1.54) is 23.9 Å². The summed E-state index contributed by atoms with van der Waals surface area (Å²) in [6, 6.07) is 7.86. The number of carbonyl (C=O) groups is 2. The van der Waals surface area contributed by atoms with E-state index in [1.54, 1.807) is 6.07 Å². The van der Waals surface area contributed by atoms with Crippen LogP contribution in [0.15, 0.2) is 41.4 Å². The zero-order valence-corrected chi connectivity index (χ0v) is 19.0. The average Bonchev–Trinajstić information content (AvgIpc) is 2.81. The van der Waals surface area contributed by atoms with Crippen LogP contribution in [0.25, 0.3) is 0 Å². The molecule has 0 radical (unpaired) electrons. The number of hydrogen-bond acceptors (Lipinski definition) is 6. The molecular weight excluding hydrogens is 455 g/mol. The van der Waals surface area contributed by atoms with E-state index >= 15 is 0 Å². The van der Waals surface area contributed by atoms with E-state index in [0.29, 0.717) is 23.9 Å². The predicted octanol–water partition coefficient (Wildman–Crippen LogP) is 3.97. The minimum atomic E-state index is -4.42. The van der Waals surface area contributed by atoms with Crippen molar-refractivity contribution in [2.75, 3.05) is 35.6 Å². The molecular formula is C22H26F3N5O2S. The lowest BCUT2D eigenvalue weighted by molar-refractivity contribution is -0.137. The molecule has 11 heteroatoms. The van der Waals surface area contributed by atoms with Crippen LogP contribution in [-0.4, -0.2) is 47.4 Å². The second-order valence-corrected chi connectivity index (χ2v) is 8.71. The number of alkyl halides is 3. The SMILES string of the molecule is CCCNC(=O)C1CCCN(c2ccc(SCC(=O)Nc3ccc(C(F)(F)F)cc3)nn2)C1. The molecule has 1 atom stereocenters. The van der Waals surface area contributed by atoms with Crippen LogP contribution >= 0.6 is 11.8 Å². The maximum atomic E-state index is 12.6. The van der Waals surface area contributed by atoms with Crippen LogP contribution in [0.3, 0.4) is 0 Å². The number of hydrogen-bond donors (Lipinski definition) is 2. The Balaban J connectivity index is 1.48. The van der Waals surface area contributed by atoms with Gasteiger partial charge in [0, 0.05) is 25.3 Å². The van der Waals surface area contributed by atoms with Crippen LogP contribution in [0.2, 0.25) is 0 Å². The normalized spacial score (nSPS) is 16.4. The van der Waals surface area contributed by atoms with Gasteiger partial charge in [0.25, 0.3) is 0 Å². The van der Waals surface area contributed by atoms with E-state index in [-0.39, 0.29) is 29.2 Å². The molecule has 1 saturated heterocycles. The molecule has 0 bridgehead atoms. The van der Waals surface area contributed by atoms with Gasteiger partial charge in [0.1, 0.15) is 5.03 Å². The van der Waals surface area contributed by atoms with Gasteiger partial charge in [0.2, 0.25) is 11.8 Å². The van der Waals surface area contributed by atoms with Gasteiger partial charge < -0.3 is 15.5 Å². The molecule has 2 N–H and O–H groups in total. The van der Waals surface area contributed by atoms with Crippen LogP contribution in [0.4, 0.5) is 24.7 Å². The standard InChI is InChI=1S/C22H26F3N5O2S/c1-2-11-26-21(32)15-4-3-12-30(13-15)18-9-10-20(29-28-18)33-14-19(31)27-17-7-5-16(6-8-17)22(23,24)25/h5-10,15H,2-4,11-14H2,1H3,(H,26,32)(H,27,31). The second kappa shape index (κ2) is 11.4. The van der Waals surface area contributed by atoms with Crippen molar-refractivity contribution in [2.45, 2.75) is 37.4 Å². The van der Waals surface area contributed by atoms with Crippen molar-refractivity contribution in [3.8, 4) is 0 Å². The molecule has 7 nitrogen and oxygen atoms in total. The van der Waals surface area contributed by atoms with Crippen LogP contribution in [-0.2, 0) is 15.8 Å². The highest BCUT2D eigenvalue weighted by Gasteiger charge is 2.30. The number of thioether (sulfide) groups is 1. The fourth-order valence-electron chi connectivity index (χ4n) is 3.43. The molecule has 1 fully saturated rings. The largest absolute Gasteiger partial charge is 0.416 e. The minimum Gasteiger partial charge on any atom is -0.356 e. The molecule has 1 aliphatic heterocycles. The summed E-state index contributed by atoms with van der Waals surface area (Å²) in [5.74, 6) is 0.360. The summed E-state index contributed by atoms with van der Waals surface area (Å²) >= 11 is 1.18. The first-order valence-electron chi connectivity index (χ1n) is 10.7. The Bertz CT molecular complexity index is 939. The van der Waals surface area contributed by atoms with Crippen molar-refractivity contribution in [2.24, 2.45) is 5.92 Å². The molecule has 2 heterocycles. The molecule has 0 aliphatic carbocycles. The van der Waals surface area contributed by atoms with Gasteiger partial charge in [-0.05, 0) is 55.7 Å². The fourth-order valence-corrected chi connectivity index (χ4v) is 4.04. The van der Waals surface area contributed by atoms with Gasteiger partial charge in [-0.3, -0.25) is 9.59 Å². The summed E-state index contributed by atoms with van der Waals surface area (Å²) < 4.78 is 37.8. The lowest BCUT2D eigenvalue weighted by atomic mass is 9.97. The number of rotatable bonds is 8. The lowest BCUT2D eigenvalue weighted by Crippen LogP contribution is -2.43. The number of aromatic nitrogens is 2. The third-order valence-corrected chi connectivity index (χ3v) is 6.06. The summed E-state index contributed by atoms with van der Waals surface area (Å²) in [5, 5.41) is 14.5. The average molecular weight is 482 g/mol. The summed E-state index contributed by atoms with van der Waals surface area (Å²) in [6.07, 6.45) is -1.77. The topological polar surface area (TPSA) is 87.2 Å². The first-order valence-corrected chi connectivity index (χ1v) is 11.7. The monoisotopic (exact) mass is 481 g/mol. The molecule has 33 heavy (non-hydrogen) atoms. The van der Waals surface area contributed by atoms with Crippen molar-refractivity contribution >= 4 is 35.1 Å². The van der Waals surface area contributed by atoms with Gasteiger partial charge >= 0.3 is 6.18 Å². The third kappa shape index (κ3) is 7.34. The summed E-state index contributed by atoms with van der Waals surface area (Å²) in [7, 11) is 0. The van der Waals surface area contributed by atoms with Gasteiger partial charge in [-0.25, -0.2) is 0 Å². The Morgan fingerprint density at radius 3 is 2.55 bits per heavy atom. The second-order valence-electron chi connectivity index (χ2n) is 7.72. The Morgan fingerprint density at radius 1 is 1.15 bits per heavy atom. The molecule has 178 valence electrons. The summed E-state index contributed by atoms with van der Waals surface area (Å²) in [4.78, 5) is 26.4. The van der Waals surface area contributed by atoms with Crippen LogP contribution in [0.5, 0.6) is 0 Å². The van der Waals surface area contributed by atoms with E-state index in [0.717, 1.165) is 37.9 Å². The lowest BCUT2D eigenvalue weighted by Gasteiger charge is -2.32. The van der Waals surface area contributed by atoms with Gasteiger partial charge in [-0.1, -0.05) is 18.7 Å². The van der Waals surface area contributed by atoms with E-state index in [4.69, 9.17) is 0 Å². The predicted molar refractivity (Wildman–Crippen MR) is 121 cm³/mol. The summed E-state index contributed by atoms with van der Waals surface area (Å²) in [5.41, 5.74) is -0.482. The number of halogens is 3. The summed E-state index contributed by atoms with van der Waals surface area (Å²) in [6.45, 7) is 4.08. The van der Waals surface area contributed by atoms with Gasteiger partial charge in [-0.15, -0.1) is 10.2 Å². The number of carbonyl (C=O) groups excluding carboxylic acids is 2. The highest BCUT2D eigenvalue weighted by molar-refractivity contribution is 7.99. The van der Waals surface area contributed by atoms with E-state index in [2.05, 4.69) is 20.8 Å². The molecule has 0 saturated carbocycles. The highest BCUT2D eigenvalue weighted by Crippen LogP contribution is 2.30. The quantitative estimate of drug-likeness (QED) is 0.555. The number of anilines is 2. The molecule has 3 rings (SSSR count). The maximum absolute atomic E-state index is 12.6. The van der Waals surface area contributed by atoms with Gasteiger partial charge in [0.15, 0.2) is 5.82 Å². The van der Waals surface area contributed by atoms with Crippen molar-refractivity contribution in [1.29, 1.82) is 0 Å². The third-order valence-electron chi connectivity index (χ3n) is 5.14. The molecule has 2 aromatic rings. The minimum absolute atomic E-state index is 0.0401. The molecule has 1 unspecified atom stereocenters. The first kappa shape index (κ1) is 24.8. The smallest absolute Gasteiger partial charge is 0.356 e. The number of nitrogens with one attached hydrogen (secondary N) is 2. The first-order chi connectivity index (χ1) is 15.8. The Hall–Kier alpha value is -2.82. The number of nitrogens with zero attached hydrogens (tertiary/aromatic N) is 3. The van der Waals surface area contributed by atoms with E-state index < -0.39 is 11.7 Å². The van der Waals surface area contributed by atoms with Crippen molar-refractivity contribution < 1.29 is 22.8 Å². The molecule has 0 spiro atoms.